The van der Waals surface area contributed by atoms with E-state index in [9.17, 15) is 0 Å². The minimum atomic E-state index is 0.154. The predicted octanol–water partition coefficient (Wildman–Crippen LogP) is -0.686. The van der Waals surface area contributed by atoms with E-state index in [1.165, 1.54) is 4.52 Å². The Labute approximate surface area is 79.8 Å². The molecule has 0 aliphatic heterocycles. The first-order valence-electron chi connectivity index (χ1n) is 4.29. The summed E-state index contributed by atoms with van der Waals surface area (Å²) in [5.74, 6) is 0.631. The van der Waals surface area contributed by atoms with Gasteiger partial charge in [-0.1, -0.05) is 0 Å². The number of anilines is 1. The van der Waals surface area contributed by atoms with Gasteiger partial charge in [0.2, 0.25) is 5.65 Å². The number of aliphatic hydroxyl groups excluding tert-OH is 1. The lowest BCUT2D eigenvalue weighted by Crippen LogP contribution is -2.06. The van der Waals surface area contributed by atoms with E-state index in [-0.39, 0.29) is 6.61 Å². The second-order valence-corrected chi connectivity index (χ2v) is 2.73. The molecule has 0 saturated carbocycles. The molecule has 2 heterocycles. The van der Waals surface area contributed by atoms with Gasteiger partial charge < -0.3 is 10.4 Å². The van der Waals surface area contributed by atoms with Crippen LogP contribution in [0, 0.1) is 0 Å². The fourth-order valence-electron chi connectivity index (χ4n) is 1.09. The van der Waals surface area contributed by atoms with Crippen LogP contribution in [0.3, 0.4) is 0 Å². The van der Waals surface area contributed by atoms with E-state index in [2.05, 4.69) is 25.8 Å². The fraction of sp³-hybridized carbons (Fsp3) is 0.429. The topological polar surface area (TPSA) is 88.2 Å². The number of rotatable bonds is 4. The predicted molar refractivity (Wildman–Crippen MR) is 48.8 cm³/mol. The Hall–Kier alpha value is -1.76. The van der Waals surface area contributed by atoms with Crippen LogP contribution >= 0.6 is 0 Å². The van der Waals surface area contributed by atoms with E-state index in [0.29, 0.717) is 24.4 Å². The summed E-state index contributed by atoms with van der Waals surface area (Å²) in [6.07, 6.45) is 3.96. The van der Waals surface area contributed by atoms with Gasteiger partial charge in [-0.25, -0.2) is 4.98 Å². The first-order chi connectivity index (χ1) is 6.92. The van der Waals surface area contributed by atoms with Gasteiger partial charge in [0, 0.05) is 19.3 Å². The summed E-state index contributed by atoms with van der Waals surface area (Å²) >= 11 is 0. The van der Waals surface area contributed by atoms with Gasteiger partial charge in [0.1, 0.15) is 0 Å². The molecule has 2 aromatic heterocycles. The molecule has 0 unspecified atom stereocenters. The van der Waals surface area contributed by atoms with Crippen LogP contribution < -0.4 is 5.32 Å². The molecule has 14 heavy (non-hydrogen) atoms. The summed E-state index contributed by atoms with van der Waals surface area (Å²) in [6, 6.07) is 0. The molecule has 0 saturated heterocycles. The number of aromatic nitrogens is 5. The molecular weight excluding hydrogens is 184 g/mol. The van der Waals surface area contributed by atoms with E-state index < -0.39 is 0 Å². The molecule has 7 nitrogen and oxygen atoms in total. The lowest BCUT2D eigenvalue weighted by atomic mass is 10.4. The van der Waals surface area contributed by atoms with Crippen LogP contribution in [-0.2, 0) is 0 Å². The molecule has 0 aromatic carbocycles. The van der Waals surface area contributed by atoms with Crippen molar-refractivity contribution in [3.05, 3.63) is 12.4 Å². The maximum Gasteiger partial charge on any atom is 0.221 e. The Balaban J connectivity index is 2.19. The van der Waals surface area contributed by atoms with Crippen LogP contribution in [-0.4, -0.2) is 43.3 Å². The van der Waals surface area contributed by atoms with Crippen molar-refractivity contribution in [2.24, 2.45) is 0 Å². The first-order valence-corrected chi connectivity index (χ1v) is 4.29. The van der Waals surface area contributed by atoms with Crippen LogP contribution in [0.1, 0.15) is 6.42 Å². The number of tetrazole rings is 1. The minimum absolute atomic E-state index is 0.154. The largest absolute Gasteiger partial charge is 0.396 e. The summed E-state index contributed by atoms with van der Waals surface area (Å²) in [5, 5.41) is 22.7. The van der Waals surface area contributed by atoms with Crippen LogP contribution in [0.5, 0.6) is 0 Å². The third-order valence-corrected chi connectivity index (χ3v) is 1.74. The molecule has 0 bridgehead atoms. The van der Waals surface area contributed by atoms with Gasteiger partial charge in [-0.05, 0) is 16.8 Å². The zero-order chi connectivity index (χ0) is 9.80. The Morgan fingerprint density at radius 3 is 3.29 bits per heavy atom. The number of nitrogens with one attached hydrogen (secondary N) is 1. The molecule has 0 spiro atoms. The van der Waals surface area contributed by atoms with Crippen molar-refractivity contribution in [1.82, 2.24) is 25.0 Å². The van der Waals surface area contributed by atoms with Crippen molar-refractivity contribution in [2.45, 2.75) is 6.42 Å². The number of fused-ring (bicyclic) bond motifs is 1. The Morgan fingerprint density at radius 1 is 1.50 bits per heavy atom. The Kier molecular flexibility index (Phi) is 2.50. The van der Waals surface area contributed by atoms with Gasteiger partial charge in [-0.2, -0.15) is 4.52 Å². The monoisotopic (exact) mass is 194 g/mol. The van der Waals surface area contributed by atoms with Gasteiger partial charge in [-0.3, -0.25) is 0 Å². The standard InChI is InChI=1S/C7H10N6O/c14-5-1-2-8-6-7-10-11-12-13(7)4-3-9-6/h3-4,14H,1-2,5H2,(H,8,9). The molecule has 2 N–H and O–H groups in total. The zero-order valence-electron chi connectivity index (χ0n) is 7.46. The zero-order valence-corrected chi connectivity index (χ0v) is 7.46. The van der Waals surface area contributed by atoms with Crippen molar-refractivity contribution in [3.63, 3.8) is 0 Å². The summed E-state index contributed by atoms with van der Waals surface area (Å²) < 4.78 is 1.54. The van der Waals surface area contributed by atoms with Crippen LogP contribution in [0.15, 0.2) is 12.4 Å². The lowest BCUT2D eigenvalue weighted by molar-refractivity contribution is 0.292. The molecule has 0 aliphatic rings. The van der Waals surface area contributed by atoms with E-state index in [1.54, 1.807) is 12.4 Å². The molecular formula is C7H10N6O. The molecule has 0 amide bonds. The van der Waals surface area contributed by atoms with E-state index in [4.69, 9.17) is 5.11 Å². The van der Waals surface area contributed by atoms with Crippen molar-refractivity contribution >= 4 is 11.5 Å². The fourth-order valence-corrected chi connectivity index (χ4v) is 1.09. The lowest BCUT2D eigenvalue weighted by Gasteiger charge is -2.03. The molecule has 2 aromatic rings. The number of hydrogen-bond donors (Lipinski definition) is 2. The van der Waals surface area contributed by atoms with E-state index >= 15 is 0 Å². The minimum Gasteiger partial charge on any atom is -0.396 e. The number of hydrogen-bond acceptors (Lipinski definition) is 6. The normalized spacial score (nSPS) is 10.6. The van der Waals surface area contributed by atoms with Gasteiger partial charge in [0.05, 0.1) is 6.20 Å². The van der Waals surface area contributed by atoms with Crippen molar-refractivity contribution in [2.75, 3.05) is 18.5 Å². The molecule has 7 heteroatoms. The van der Waals surface area contributed by atoms with Crippen molar-refractivity contribution in [1.29, 1.82) is 0 Å². The molecule has 0 atom stereocenters. The molecule has 0 aliphatic carbocycles. The molecule has 0 radical (unpaired) electrons. The number of aliphatic hydroxyl groups is 1. The average Bonchev–Trinajstić information content (AvgIpc) is 2.67. The average molecular weight is 194 g/mol. The summed E-state index contributed by atoms with van der Waals surface area (Å²) in [4.78, 5) is 4.09. The quantitative estimate of drug-likeness (QED) is 0.626. The smallest absolute Gasteiger partial charge is 0.221 e. The highest BCUT2D eigenvalue weighted by molar-refractivity contribution is 5.60. The van der Waals surface area contributed by atoms with Crippen LogP contribution in [0.25, 0.3) is 5.65 Å². The van der Waals surface area contributed by atoms with Crippen LogP contribution in [0.4, 0.5) is 5.82 Å². The highest BCUT2D eigenvalue weighted by Crippen LogP contribution is 2.07. The van der Waals surface area contributed by atoms with Gasteiger partial charge in [-0.15, -0.1) is 5.10 Å². The first kappa shape index (κ1) is 8.82. The maximum absolute atomic E-state index is 8.61. The van der Waals surface area contributed by atoms with Crippen molar-refractivity contribution < 1.29 is 5.11 Å². The second-order valence-electron chi connectivity index (χ2n) is 2.73. The van der Waals surface area contributed by atoms with Gasteiger partial charge in [0.15, 0.2) is 5.82 Å². The van der Waals surface area contributed by atoms with E-state index in [0.717, 1.165) is 0 Å². The van der Waals surface area contributed by atoms with Gasteiger partial charge in [0.25, 0.3) is 0 Å². The van der Waals surface area contributed by atoms with E-state index in [1.807, 2.05) is 0 Å². The molecule has 74 valence electrons. The third-order valence-electron chi connectivity index (χ3n) is 1.74. The maximum atomic E-state index is 8.61. The Bertz CT molecular complexity index is 413. The highest BCUT2D eigenvalue weighted by Gasteiger charge is 2.03. The Morgan fingerprint density at radius 2 is 2.43 bits per heavy atom. The number of nitrogens with zero attached hydrogens (tertiary/aromatic N) is 5. The summed E-state index contributed by atoms with van der Waals surface area (Å²) in [6.45, 7) is 0.803. The highest BCUT2D eigenvalue weighted by atomic mass is 16.3. The molecule has 2 rings (SSSR count). The van der Waals surface area contributed by atoms with Gasteiger partial charge >= 0.3 is 0 Å². The summed E-state index contributed by atoms with van der Waals surface area (Å²) in [7, 11) is 0. The SMILES string of the molecule is OCCCNc1nccn2nnnc12. The summed E-state index contributed by atoms with van der Waals surface area (Å²) in [5.41, 5.74) is 0.588. The second kappa shape index (κ2) is 3.97. The third kappa shape index (κ3) is 1.62. The van der Waals surface area contributed by atoms with Crippen LogP contribution in [0.2, 0.25) is 0 Å². The van der Waals surface area contributed by atoms with Crippen molar-refractivity contribution in [3.8, 4) is 0 Å². The molecule has 0 fully saturated rings.